The highest BCUT2D eigenvalue weighted by molar-refractivity contribution is 7.90. The number of rotatable bonds is 8. The van der Waals surface area contributed by atoms with Crippen LogP contribution in [0.1, 0.15) is 24.1 Å². The Labute approximate surface area is 160 Å². The number of benzene rings is 2. The summed E-state index contributed by atoms with van der Waals surface area (Å²) in [5.74, 6) is 0. The van der Waals surface area contributed by atoms with Gasteiger partial charge in [0.05, 0.1) is 15.9 Å². The Morgan fingerprint density at radius 1 is 1.15 bits per heavy atom. The molecule has 0 bridgehead atoms. The Bertz CT molecular complexity index is 909. The molecule has 1 unspecified atom stereocenters. The molecule has 0 spiro atoms. The van der Waals surface area contributed by atoms with Gasteiger partial charge in [0.1, 0.15) is 5.69 Å². The number of nitro groups is 1. The lowest BCUT2D eigenvalue weighted by Crippen LogP contribution is -2.27. The summed E-state index contributed by atoms with van der Waals surface area (Å²) in [4.78, 5) is 12.8. The van der Waals surface area contributed by atoms with E-state index in [1.165, 1.54) is 17.7 Å². The summed E-state index contributed by atoms with van der Waals surface area (Å²) in [5.41, 5.74) is 2.39. The van der Waals surface area contributed by atoms with E-state index >= 15 is 0 Å². The maximum absolute atomic E-state index is 11.7. The van der Waals surface area contributed by atoms with Crippen molar-refractivity contribution in [1.29, 1.82) is 0 Å². The summed E-state index contributed by atoms with van der Waals surface area (Å²) in [6.07, 6.45) is 1.99. The maximum Gasteiger partial charge on any atom is 0.293 e. The van der Waals surface area contributed by atoms with E-state index in [0.717, 1.165) is 24.3 Å². The number of nitrogens with one attached hydrogen (secondary N) is 1. The van der Waals surface area contributed by atoms with Crippen molar-refractivity contribution in [1.82, 2.24) is 4.90 Å². The third kappa shape index (κ3) is 5.27. The molecule has 0 aliphatic rings. The summed E-state index contributed by atoms with van der Waals surface area (Å²) < 4.78 is 23.3. The number of nitro benzene ring substituents is 1. The largest absolute Gasteiger partial charge is 0.378 e. The molecule has 2 rings (SSSR count). The van der Waals surface area contributed by atoms with Crippen LogP contribution in [0.15, 0.2) is 47.4 Å². The molecule has 146 valence electrons. The van der Waals surface area contributed by atoms with E-state index in [4.69, 9.17) is 0 Å². The standard InChI is InChI=1S/C19H25N3O4S/c1-5-14-6-8-15(9-7-14)19(21(2)3)13-20-17-11-10-16(27(4,25)26)12-18(17)22(23)24/h6-12,19-20H,5,13H2,1-4H3. The lowest BCUT2D eigenvalue weighted by atomic mass is 10.0. The maximum atomic E-state index is 11.7. The molecule has 0 saturated carbocycles. The topological polar surface area (TPSA) is 92.5 Å². The summed E-state index contributed by atoms with van der Waals surface area (Å²) >= 11 is 0. The molecular weight excluding hydrogens is 366 g/mol. The van der Waals surface area contributed by atoms with Crippen LogP contribution in [0.4, 0.5) is 11.4 Å². The van der Waals surface area contributed by atoms with Crippen LogP contribution in [0, 0.1) is 10.1 Å². The van der Waals surface area contributed by atoms with E-state index in [9.17, 15) is 18.5 Å². The normalized spacial score (nSPS) is 12.8. The van der Waals surface area contributed by atoms with Gasteiger partial charge in [-0.1, -0.05) is 31.2 Å². The summed E-state index contributed by atoms with van der Waals surface area (Å²) in [7, 11) is 0.381. The van der Waals surface area contributed by atoms with Crippen LogP contribution >= 0.6 is 0 Å². The average molecular weight is 391 g/mol. The average Bonchev–Trinajstić information content (AvgIpc) is 2.61. The fraction of sp³-hybridized carbons (Fsp3) is 0.368. The minimum atomic E-state index is -3.51. The van der Waals surface area contributed by atoms with Crippen LogP contribution < -0.4 is 5.32 Å². The highest BCUT2D eigenvalue weighted by Gasteiger charge is 2.20. The summed E-state index contributed by atoms with van der Waals surface area (Å²) in [6.45, 7) is 2.54. The summed E-state index contributed by atoms with van der Waals surface area (Å²) in [6, 6.07) is 12.2. The molecule has 0 amide bonds. The Kier molecular flexibility index (Phi) is 6.56. The number of nitrogens with zero attached hydrogens (tertiary/aromatic N) is 2. The highest BCUT2D eigenvalue weighted by Crippen LogP contribution is 2.29. The van der Waals surface area contributed by atoms with Crippen molar-refractivity contribution in [3.05, 3.63) is 63.7 Å². The van der Waals surface area contributed by atoms with Gasteiger partial charge in [-0.15, -0.1) is 0 Å². The minimum absolute atomic E-state index is 0.00472. The van der Waals surface area contributed by atoms with Gasteiger partial charge in [0.15, 0.2) is 9.84 Å². The zero-order chi connectivity index (χ0) is 20.2. The first-order chi connectivity index (χ1) is 12.6. The fourth-order valence-electron chi connectivity index (χ4n) is 2.82. The van der Waals surface area contributed by atoms with Crippen molar-refractivity contribution in [2.45, 2.75) is 24.3 Å². The van der Waals surface area contributed by atoms with Gasteiger partial charge < -0.3 is 10.2 Å². The number of aryl methyl sites for hydroxylation is 1. The molecule has 0 aliphatic carbocycles. The second-order valence-electron chi connectivity index (χ2n) is 6.66. The van der Waals surface area contributed by atoms with Crippen LogP contribution in [-0.2, 0) is 16.3 Å². The molecule has 0 radical (unpaired) electrons. The predicted molar refractivity (Wildman–Crippen MR) is 107 cm³/mol. The summed E-state index contributed by atoms with van der Waals surface area (Å²) in [5, 5.41) is 14.5. The second kappa shape index (κ2) is 8.49. The van der Waals surface area contributed by atoms with E-state index < -0.39 is 14.8 Å². The predicted octanol–water partition coefficient (Wildman–Crippen LogP) is 3.28. The highest BCUT2D eigenvalue weighted by atomic mass is 32.2. The first-order valence-electron chi connectivity index (χ1n) is 8.61. The van der Waals surface area contributed by atoms with Gasteiger partial charge in [-0.2, -0.15) is 0 Å². The van der Waals surface area contributed by atoms with Crippen molar-refractivity contribution in [2.75, 3.05) is 32.2 Å². The lowest BCUT2D eigenvalue weighted by molar-refractivity contribution is -0.384. The Morgan fingerprint density at radius 3 is 2.26 bits per heavy atom. The van der Waals surface area contributed by atoms with Crippen LogP contribution in [-0.4, -0.2) is 45.1 Å². The quantitative estimate of drug-likeness (QED) is 0.548. The van der Waals surface area contributed by atoms with Crippen LogP contribution in [0.5, 0.6) is 0 Å². The molecule has 2 aromatic rings. The number of anilines is 1. The van der Waals surface area contributed by atoms with Gasteiger partial charge >= 0.3 is 0 Å². The van der Waals surface area contributed by atoms with Gasteiger partial charge in [0, 0.05) is 18.9 Å². The molecule has 8 heteroatoms. The van der Waals surface area contributed by atoms with Crippen molar-refractivity contribution in [3.63, 3.8) is 0 Å². The molecular formula is C19H25N3O4S. The van der Waals surface area contributed by atoms with Crippen molar-refractivity contribution in [3.8, 4) is 0 Å². The first kappa shape index (κ1) is 20.9. The Balaban J connectivity index is 2.27. The first-order valence-corrected chi connectivity index (χ1v) is 10.5. The van der Waals surface area contributed by atoms with Crippen LogP contribution in [0.25, 0.3) is 0 Å². The smallest absolute Gasteiger partial charge is 0.293 e. The Morgan fingerprint density at radius 2 is 1.78 bits per heavy atom. The van der Waals surface area contributed by atoms with E-state index in [0.29, 0.717) is 12.2 Å². The molecule has 7 nitrogen and oxygen atoms in total. The van der Waals surface area contributed by atoms with Gasteiger partial charge in [0.25, 0.3) is 5.69 Å². The molecule has 0 aromatic heterocycles. The third-order valence-electron chi connectivity index (χ3n) is 4.48. The van der Waals surface area contributed by atoms with E-state index in [2.05, 4.69) is 36.5 Å². The monoisotopic (exact) mass is 391 g/mol. The number of hydrogen-bond acceptors (Lipinski definition) is 6. The Hall–Kier alpha value is -2.45. The van der Waals surface area contributed by atoms with E-state index in [1.807, 2.05) is 19.0 Å². The molecule has 0 fully saturated rings. The van der Waals surface area contributed by atoms with Gasteiger partial charge in [-0.25, -0.2) is 8.42 Å². The molecule has 27 heavy (non-hydrogen) atoms. The van der Waals surface area contributed by atoms with Gasteiger partial charge in [0.2, 0.25) is 0 Å². The minimum Gasteiger partial charge on any atom is -0.378 e. The number of sulfone groups is 1. The van der Waals surface area contributed by atoms with E-state index in [1.54, 1.807) is 0 Å². The van der Waals surface area contributed by atoms with Gasteiger partial charge in [-0.05, 0) is 43.8 Å². The van der Waals surface area contributed by atoms with Crippen molar-refractivity contribution in [2.24, 2.45) is 0 Å². The lowest BCUT2D eigenvalue weighted by Gasteiger charge is -2.25. The SMILES string of the molecule is CCc1ccc(C(CNc2ccc(S(C)(=O)=O)cc2[N+](=O)[O-])N(C)C)cc1. The molecule has 0 heterocycles. The molecule has 0 saturated heterocycles. The fourth-order valence-corrected chi connectivity index (χ4v) is 3.46. The number of hydrogen-bond donors (Lipinski definition) is 1. The van der Waals surface area contributed by atoms with Crippen molar-refractivity contribution >= 4 is 21.2 Å². The van der Waals surface area contributed by atoms with Gasteiger partial charge in [-0.3, -0.25) is 10.1 Å². The number of likely N-dealkylation sites (N-methyl/N-ethyl adjacent to an activating group) is 1. The third-order valence-corrected chi connectivity index (χ3v) is 5.59. The zero-order valence-corrected chi connectivity index (χ0v) is 16.8. The molecule has 1 N–H and O–H groups in total. The van der Waals surface area contributed by atoms with Crippen molar-refractivity contribution < 1.29 is 13.3 Å². The van der Waals surface area contributed by atoms with Crippen LogP contribution in [0.2, 0.25) is 0 Å². The zero-order valence-electron chi connectivity index (χ0n) is 16.0. The molecule has 0 aliphatic heterocycles. The van der Waals surface area contributed by atoms with E-state index in [-0.39, 0.29) is 16.6 Å². The molecule has 2 aromatic carbocycles. The second-order valence-corrected chi connectivity index (χ2v) is 8.68. The molecule has 1 atom stereocenters. The van der Waals surface area contributed by atoms with Crippen LogP contribution in [0.3, 0.4) is 0 Å².